The third-order valence-electron chi connectivity index (χ3n) is 19.6. The van der Waals surface area contributed by atoms with Crippen LogP contribution in [0.3, 0.4) is 0 Å². The zero-order valence-corrected chi connectivity index (χ0v) is 68.0. The van der Waals surface area contributed by atoms with Crippen LogP contribution in [0.4, 0.5) is 0 Å². The van der Waals surface area contributed by atoms with Gasteiger partial charge in [-0.05, 0) is 37.5 Å². The topological polar surface area (TPSA) is 237 Å². The minimum atomic E-state index is -4.96. The summed E-state index contributed by atoms with van der Waals surface area (Å²) in [7, 11) is -9.92. The summed E-state index contributed by atoms with van der Waals surface area (Å²) < 4.78 is 68.7. The van der Waals surface area contributed by atoms with Crippen molar-refractivity contribution in [3.63, 3.8) is 0 Å². The molecule has 0 aromatic heterocycles. The maximum Gasteiger partial charge on any atom is 0.472 e. The predicted molar refractivity (Wildman–Crippen MR) is 414 cm³/mol. The van der Waals surface area contributed by atoms with Crippen molar-refractivity contribution in [2.24, 2.45) is 11.8 Å². The van der Waals surface area contributed by atoms with E-state index < -0.39 is 97.5 Å². The average Bonchev–Trinajstić information content (AvgIpc) is 0.944. The molecule has 0 aromatic rings. The number of aliphatic hydroxyl groups is 1. The lowest BCUT2D eigenvalue weighted by molar-refractivity contribution is -0.161. The SMILES string of the molecule is CCCCCCCCCCCCCCCCCCCC(=O)OC[C@H](COP(=O)(O)OC[C@@H](O)COP(=O)(O)OC[C@@H](COC(=O)CCCCCCCCCCCCC)OC(=O)CCCCCCCCCCC(C)C)OC(=O)CCCCCCCCCCCCCCCCCCCCC(C)CC. The Morgan fingerprint density at radius 2 is 0.505 bits per heavy atom. The molecule has 17 nitrogen and oxygen atoms in total. The molecule has 19 heteroatoms. The van der Waals surface area contributed by atoms with Gasteiger partial charge in [0, 0.05) is 25.7 Å². The summed E-state index contributed by atoms with van der Waals surface area (Å²) in [5, 5.41) is 10.6. The number of unbranched alkanes of at least 4 members (excludes halogenated alkanes) is 50. The van der Waals surface area contributed by atoms with Crippen molar-refractivity contribution >= 4 is 39.5 Å². The fraction of sp³-hybridized carbons (Fsp3) is 0.951. The van der Waals surface area contributed by atoms with Crippen LogP contribution < -0.4 is 0 Å². The standard InChI is InChI=1S/C82H160O17P2/c1-7-10-12-14-16-18-20-21-22-25-29-32-36-40-47-53-59-65-80(85)93-70-77(98-81(86)66-60-54-48-41-37-33-30-27-24-23-26-28-31-35-38-45-51-57-63-75(6)9-3)72-96-100(88,89)94-68-76(83)69-95-101(90,91)97-73-78(99-82(87)67-61-55-49-43-42-44-50-56-62-74(4)5)71-92-79(84)64-58-52-46-39-34-19-17-15-13-11-8-2/h74-78,83H,7-73H2,1-6H3,(H,88,89)(H,90,91)/t75?,76-,77-,78-/m1/s1. The van der Waals surface area contributed by atoms with Crippen LogP contribution in [0.2, 0.25) is 0 Å². The van der Waals surface area contributed by atoms with Gasteiger partial charge < -0.3 is 33.8 Å². The van der Waals surface area contributed by atoms with E-state index in [-0.39, 0.29) is 25.7 Å². The molecule has 6 atom stereocenters. The Hall–Kier alpha value is -1.94. The molecule has 0 aromatic carbocycles. The molecule has 600 valence electrons. The number of carbonyl (C=O) groups is 4. The zero-order chi connectivity index (χ0) is 74.2. The maximum atomic E-state index is 13.1. The minimum Gasteiger partial charge on any atom is -0.462 e. The fourth-order valence-electron chi connectivity index (χ4n) is 12.7. The van der Waals surface area contributed by atoms with E-state index in [9.17, 15) is 43.2 Å². The fourth-order valence-corrected chi connectivity index (χ4v) is 14.3. The third-order valence-corrected chi connectivity index (χ3v) is 21.5. The van der Waals surface area contributed by atoms with Crippen LogP contribution in [0.5, 0.6) is 0 Å². The average molecular weight is 1480 g/mol. The number of hydrogen-bond acceptors (Lipinski definition) is 15. The van der Waals surface area contributed by atoms with Crippen LogP contribution in [0.25, 0.3) is 0 Å². The summed E-state index contributed by atoms with van der Waals surface area (Å²) in [6, 6.07) is 0. The molecular formula is C82H160O17P2. The first-order valence-corrected chi connectivity index (χ1v) is 45.5. The molecule has 0 fully saturated rings. The second-order valence-corrected chi connectivity index (χ2v) is 33.1. The third kappa shape index (κ3) is 74.7. The highest BCUT2D eigenvalue weighted by molar-refractivity contribution is 7.47. The van der Waals surface area contributed by atoms with Crippen LogP contribution in [-0.4, -0.2) is 96.7 Å². The lowest BCUT2D eigenvalue weighted by atomic mass is 9.99. The van der Waals surface area contributed by atoms with Crippen molar-refractivity contribution in [2.45, 2.75) is 452 Å². The van der Waals surface area contributed by atoms with Crippen LogP contribution in [0, 0.1) is 11.8 Å². The molecule has 101 heavy (non-hydrogen) atoms. The molecule has 0 aliphatic rings. The van der Waals surface area contributed by atoms with Crippen LogP contribution in [0.1, 0.15) is 433 Å². The molecule has 3 N–H and O–H groups in total. The van der Waals surface area contributed by atoms with Gasteiger partial charge in [-0.1, -0.05) is 382 Å². The van der Waals surface area contributed by atoms with Crippen molar-refractivity contribution in [3.8, 4) is 0 Å². The number of carbonyl (C=O) groups excluding carboxylic acids is 4. The number of hydrogen-bond donors (Lipinski definition) is 3. The molecule has 0 saturated carbocycles. The number of phosphoric acid groups is 2. The molecule has 0 aliphatic heterocycles. The lowest BCUT2D eigenvalue weighted by Gasteiger charge is -2.21. The first kappa shape index (κ1) is 99.1. The normalized spacial score (nSPS) is 14.2. The molecule has 0 bridgehead atoms. The zero-order valence-electron chi connectivity index (χ0n) is 66.2. The summed E-state index contributed by atoms with van der Waals surface area (Å²) in [6.07, 6.45) is 63.9. The summed E-state index contributed by atoms with van der Waals surface area (Å²) in [6.45, 7) is 9.66. The Balaban J connectivity index is 5.21. The second kappa shape index (κ2) is 73.6. The van der Waals surface area contributed by atoms with Gasteiger partial charge in [-0.25, -0.2) is 9.13 Å². The molecule has 0 radical (unpaired) electrons. The van der Waals surface area contributed by atoms with Gasteiger partial charge >= 0.3 is 39.5 Å². The van der Waals surface area contributed by atoms with E-state index in [0.29, 0.717) is 25.7 Å². The van der Waals surface area contributed by atoms with Crippen molar-refractivity contribution < 1.29 is 80.2 Å². The summed E-state index contributed by atoms with van der Waals surface area (Å²) >= 11 is 0. The largest absolute Gasteiger partial charge is 0.472 e. The first-order valence-electron chi connectivity index (χ1n) is 42.5. The van der Waals surface area contributed by atoms with Crippen LogP contribution in [0.15, 0.2) is 0 Å². The number of ether oxygens (including phenoxy) is 4. The Bertz CT molecular complexity index is 1940. The molecular weight excluding hydrogens is 1320 g/mol. The van der Waals surface area contributed by atoms with Crippen molar-refractivity contribution in [1.82, 2.24) is 0 Å². The van der Waals surface area contributed by atoms with Gasteiger partial charge in [-0.3, -0.25) is 37.3 Å². The molecule has 0 aliphatic carbocycles. The number of rotatable bonds is 81. The van der Waals surface area contributed by atoms with Gasteiger partial charge in [0.15, 0.2) is 12.2 Å². The van der Waals surface area contributed by atoms with Crippen LogP contribution >= 0.6 is 15.6 Å². The van der Waals surface area contributed by atoms with Crippen molar-refractivity contribution in [2.75, 3.05) is 39.6 Å². The number of aliphatic hydroxyl groups excluding tert-OH is 1. The Kier molecular flexibility index (Phi) is 72.2. The van der Waals surface area contributed by atoms with E-state index >= 15 is 0 Å². The predicted octanol–water partition coefficient (Wildman–Crippen LogP) is 24.7. The Morgan fingerprint density at radius 3 is 0.752 bits per heavy atom. The quantitative estimate of drug-likeness (QED) is 0.0222. The highest BCUT2D eigenvalue weighted by Crippen LogP contribution is 2.45. The van der Waals surface area contributed by atoms with E-state index in [1.54, 1.807) is 0 Å². The number of phosphoric ester groups is 2. The lowest BCUT2D eigenvalue weighted by Crippen LogP contribution is -2.30. The first-order chi connectivity index (χ1) is 48.9. The molecule has 0 spiro atoms. The molecule has 0 rings (SSSR count). The van der Waals surface area contributed by atoms with Gasteiger partial charge in [0.25, 0.3) is 0 Å². The smallest absolute Gasteiger partial charge is 0.462 e. The van der Waals surface area contributed by atoms with E-state index in [4.69, 9.17) is 37.0 Å². The van der Waals surface area contributed by atoms with Crippen molar-refractivity contribution in [1.29, 1.82) is 0 Å². The number of esters is 4. The van der Waals surface area contributed by atoms with Gasteiger partial charge in [0.1, 0.15) is 19.3 Å². The summed E-state index contributed by atoms with van der Waals surface area (Å²) in [4.78, 5) is 73.0. The highest BCUT2D eigenvalue weighted by atomic mass is 31.2. The summed E-state index contributed by atoms with van der Waals surface area (Å²) in [5.74, 6) is -0.519. The van der Waals surface area contributed by atoms with Gasteiger partial charge in [-0.15, -0.1) is 0 Å². The molecule has 0 saturated heterocycles. The van der Waals surface area contributed by atoms with Gasteiger partial charge in [0.05, 0.1) is 26.4 Å². The van der Waals surface area contributed by atoms with E-state index in [1.807, 2.05) is 0 Å². The monoisotopic (exact) mass is 1480 g/mol. The molecule has 0 amide bonds. The van der Waals surface area contributed by atoms with E-state index in [2.05, 4.69) is 41.5 Å². The van der Waals surface area contributed by atoms with Gasteiger partial charge in [0.2, 0.25) is 0 Å². The van der Waals surface area contributed by atoms with E-state index in [0.717, 1.165) is 102 Å². The highest BCUT2D eigenvalue weighted by Gasteiger charge is 2.30. The van der Waals surface area contributed by atoms with E-state index in [1.165, 1.54) is 250 Å². The summed E-state index contributed by atoms with van der Waals surface area (Å²) in [5.41, 5.74) is 0. The molecule has 0 heterocycles. The molecule has 3 unspecified atom stereocenters. The maximum absolute atomic E-state index is 13.1. The minimum absolute atomic E-state index is 0.105. The van der Waals surface area contributed by atoms with Crippen molar-refractivity contribution in [3.05, 3.63) is 0 Å². The van der Waals surface area contributed by atoms with Gasteiger partial charge in [-0.2, -0.15) is 0 Å². The van der Waals surface area contributed by atoms with Crippen LogP contribution in [-0.2, 0) is 65.4 Å². The Morgan fingerprint density at radius 1 is 0.287 bits per heavy atom. The second-order valence-electron chi connectivity index (χ2n) is 30.2. The Labute approximate surface area is 619 Å².